The molecule has 4 aromatic rings. The normalized spacial score (nSPS) is 17.7. The monoisotopic (exact) mass is 564 g/mol. The molecule has 4 aromatic carbocycles. The van der Waals surface area contributed by atoms with Crippen LogP contribution in [0.3, 0.4) is 0 Å². The molecule has 2 aliphatic rings. The molecule has 6 amide bonds. The molecule has 0 saturated carbocycles. The van der Waals surface area contributed by atoms with E-state index < -0.39 is 47.6 Å². The summed E-state index contributed by atoms with van der Waals surface area (Å²) in [6, 6.07) is 33.7. The lowest BCUT2D eigenvalue weighted by molar-refractivity contribution is -0.135. The Balaban J connectivity index is 1.51. The molecule has 1 N–H and O–H groups in total. The van der Waals surface area contributed by atoms with Crippen LogP contribution in [-0.2, 0) is 20.7 Å². The molecule has 0 aromatic heterocycles. The number of carbonyl (C=O) groups is 4. The van der Waals surface area contributed by atoms with Gasteiger partial charge in [-0.05, 0) is 22.3 Å². The van der Waals surface area contributed by atoms with Crippen molar-refractivity contribution in [3.63, 3.8) is 0 Å². The second-order valence-electron chi connectivity index (χ2n) is 9.79. The molecule has 2 aliphatic heterocycles. The minimum atomic E-state index is -1.67. The highest BCUT2D eigenvalue weighted by molar-refractivity contribution is 6.22. The number of nitrogens with one attached hydrogen (secondary N) is 1. The average Bonchev–Trinajstić information content (AvgIpc) is 3.41. The summed E-state index contributed by atoms with van der Waals surface area (Å²) in [5.74, 6) is -1.14. The Morgan fingerprint density at radius 2 is 0.976 bits per heavy atom. The van der Waals surface area contributed by atoms with Crippen LogP contribution in [0.2, 0.25) is 0 Å². The highest BCUT2D eigenvalue weighted by Gasteiger charge is 2.62. The molecule has 6 rings (SSSR count). The highest BCUT2D eigenvalue weighted by Crippen LogP contribution is 2.44. The van der Waals surface area contributed by atoms with Gasteiger partial charge in [0.2, 0.25) is 0 Å². The molecule has 8 nitrogen and oxygen atoms in total. The van der Waals surface area contributed by atoms with E-state index in [9.17, 15) is 19.2 Å². The van der Waals surface area contributed by atoms with E-state index in [1.165, 1.54) is 4.90 Å². The molecular weight excluding hydrogens is 540 g/mol. The van der Waals surface area contributed by atoms with Gasteiger partial charge >= 0.3 is 12.1 Å². The van der Waals surface area contributed by atoms with Gasteiger partial charge in [0.05, 0.1) is 0 Å². The number of imide groups is 2. The summed E-state index contributed by atoms with van der Waals surface area (Å²) in [6.07, 6.45) is 0. The number of rotatable bonds is 7. The van der Waals surface area contributed by atoms with Gasteiger partial charge in [-0.15, -0.1) is 11.6 Å². The van der Waals surface area contributed by atoms with Crippen molar-refractivity contribution in [2.24, 2.45) is 0 Å². The van der Waals surface area contributed by atoms with Crippen LogP contribution >= 0.6 is 11.6 Å². The molecule has 41 heavy (non-hydrogen) atoms. The van der Waals surface area contributed by atoms with Gasteiger partial charge in [-0.3, -0.25) is 14.5 Å². The fraction of sp³-hybridized carbons (Fsp3) is 0.125. The third-order valence-electron chi connectivity index (χ3n) is 7.73. The lowest BCUT2D eigenvalue weighted by Gasteiger charge is -2.37. The van der Waals surface area contributed by atoms with Gasteiger partial charge in [0, 0.05) is 0 Å². The second-order valence-corrected chi connectivity index (χ2v) is 10.0. The maximum absolute atomic E-state index is 14.4. The summed E-state index contributed by atoms with van der Waals surface area (Å²) in [4.78, 5) is 59.3. The number of hydrogen-bond acceptors (Lipinski definition) is 4. The molecule has 2 fully saturated rings. The largest absolute Gasteiger partial charge is 0.330 e. The first-order valence-electron chi connectivity index (χ1n) is 13.0. The standard InChI is InChI=1S/C32H25ClN4O4/c33-21-35-28(39)32(25-17-9-3-10-18-25,26-19-11-4-12-20-26)37(30(35)41)22-36-27(38)31(34-29(36)40,23-13-5-1-6-14-23)24-15-7-2-8-16-24/h1-20H,21-22H2,(H,34,40). The number of halogens is 1. The van der Waals surface area contributed by atoms with Gasteiger partial charge in [-0.2, -0.15) is 0 Å². The quantitative estimate of drug-likeness (QED) is 0.197. The Morgan fingerprint density at radius 3 is 1.39 bits per heavy atom. The summed E-state index contributed by atoms with van der Waals surface area (Å²) in [5, 5.41) is 2.91. The first kappa shape index (κ1) is 26.3. The number of urea groups is 2. The zero-order chi connectivity index (χ0) is 28.6. The van der Waals surface area contributed by atoms with Gasteiger partial charge in [0.25, 0.3) is 11.8 Å². The lowest BCUT2D eigenvalue weighted by Crippen LogP contribution is -2.53. The van der Waals surface area contributed by atoms with Crippen molar-refractivity contribution >= 4 is 35.5 Å². The zero-order valence-corrected chi connectivity index (χ0v) is 22.6. The van der Waals surface area contributed by atoms with E-state index in [0.717, 1.165) is 9.80 Å². The van der Waals surface area contributed by atoms with Gasteiger partial charge in [0.15, 0.2) is 11.1 Å². The van der Waals surface area contributed by atoms with E-state index in [4.69, 9.17) is 11.6 Å². The summed E-state index contributed by atoms with van der Waals surface area (Å²) in [6.45, 7) is -0.492. The van der Waals surface area contributed by atoms with E-state index in [0.29, 0.717) is 22.3 Å². The lowest BCUT2D eigenvalue weighted by atomic mass is 9.81. The van der Waals surface area contributed by atoms with Crippen LogP contribution in [0.4, 0.5) is 9.59 Å². The van der Waals surface area contributed by atoms with Crippen LogP contribution in [0, 0.1) is 0 Å². The summed E-state index contributed by atoms with van der Waals surface area (Å²) in [5.41, 5.74) is -1.06. The van der Waals surface area contributed by atoms with Gasteiger partial charge in [-0.1, -0.05) is 121 Å². The zero-order valence-electron chi connectivity index (χ0n) is 21.8. The van der Waals surface area contributed by atoms with E-state index in [2.05, 4.69) is 5.32 Å². The van der Waals surface area contributed by atoms with Gasteiger partial charge in [0.1, 0.15) is 12.7 Å². The Bertz CT molecular complexity index is 1540. The molecule has 0 spiro atoms. The molecular formula is C32H25ClN4O4. The van der Waals surface area contributed by atoms with Gasteiger partial charge in [-0.25, -0.2) is 19.4 Å². The Hall–Kier alpha value is -4.95. The predicted octanol–water partition coefficient (Wildman–Crippen LogP) is 4.84. The highest BCUT2D eigenvalue weighted by atomic mass is 35.5. The van der Waals surface area contributed by atoms with Crippen LogP contribution in [-0.4, -0.2) is 51.2 Å². The Morgan fingerprint density at radius 1 is 0.561 bits per heavy atom. The summed E-state index contributed by atoms with van der Waals surface area (Å²) >= 11 is 6.14. The number of benzene rings is 4. The number of amides is 6. The second kappa shape index (κ2) is 10.2. The number of hydrogen-bond donors (Lipinski definition) is 1. The minimum absolute atomic E-state index is 0.395. The Kier molecular flexibility index (Phi) is 6.55. The molecule has 0 bridgehead atoms. The van der Waals surface area contributed by atoms with Crippen LogP contribution in [0.15, 0.2) is 121 Å². The molecule has 0 atom stereocenters. The molecule has 0 radical (unpaired) electrons. The molecule has 0 aliphatic carbocycles. The molecule has 0 unspecified atom stereocenters. The van der Waals surface area contributed by atoms with Crippen molar-refractivity contribution in [2.45, 2.75) is 11.1 Å². The van der Waals surface area contributed by atoms with Crippen molar-refractivity contribution in [3.05, 3.63) is 144 Å². The topological polar surface area (TPSA) is 90.0 Å². The summed E-state index contributed by atoms with van der Waals surface area (Å²) in [7, 11) is 0. The van der Waals surface area contributed by atoms with Crippen LogP contribution < -0.4 is 5.32 Å². The fourth-order valence-electron chi connectivity index (χ4n) is 5.82. The van der Waals surface area contributed by atoms with Crippen molar-refractivity contribution in [1.29, 1.82) is 0 Å². The predicted molar refractivity (Wildman–Crippen MR) is 152 cm³/mol. The molecule has 2 heterocycles. The maximum atomic E-state index is 14.4. The van der Waals surface area contributed by atoms with Crippen LogP contribution in [0.25, 0.3) is 0 Å². The van der Waals surface area contributed by atoms with Gasteiger partial charge < -0.3 is 5.32 Å². The van der Waals surface area contributed by atoms with Crippen molar-refractivity contribution in [2.75, 3.05) is 12.7 Å². The smallest absolute Gasteiger partial charge is 0.315 e. The molecule has 204 valence electrons. The number of alkyl halides is 1. The van der Waals surface area contributed by atoms with E-state index in [1.54, 1.807) is 109 Å². The van der Waals surface area contributed by atoms with Crippen LogP contribution in [0.1, 0.15) is 22.3 Å². The first-order valence-corrected chi connectivity index (χ1v) is 13.6. The van der Waals surface area contributed by atoms with Crippen molar-refractivity contribution < 1.29 is 19.2 Å². The van der Waals surface area contributed by atoms with E-state index in [-0.39, 0.29) is 0 Å². The molecule has 9 heteroatoms. The van der Waals surface area contributed by atoms with Crippen LogP contribution in [0.5, 0.6) is 0 Å². The summed E-state index contributed by atoms with van der Waals surface area (Å²) < 4.78 is 0. The van der Waals surface area contributed by atoms with E-state index in [1.807, 2.05) is 12.1 Å². The maximum Gasteiger partial charge on any atom is 0.330 e. The SMILES string of the molecule is O=C1NC(c2ccccc2)(c2ccccc2)C(=O)N1CN1C(=O)N(CCl)C(=O)C1(c1ccccc1)c1ccccc1. The third kappa shape index (κ3) is 3.82. The minimum Gasteiger partial charge on any atom is -0.315 e. The average molecular weight is 565 g/mol. The van der Waals surface area contributed by atoms with Crippen molar-refractivity contribution in [1.82, 2.24) is 20.0 Å². The molecule has 2 saturated heterocycles. The van der Waals surface area contributed by atoms with Crippen molar-refractivity contribution in [3.8, 4) is 0 Å². The fourth-order valence-corrected chi connectivity index (χ4v) is 6.03. The number of carbonyl (C=O) groups excluding carboxylic acids is 4. The third-order valence-corrected chi connectivity index (χ3v) is 7.97. The van der Waals surface area contributed by atoms with E-state index >= 15 is 0 Å². The first-order chi connectivity index (χ1) is 20.0. The number of nitrogens with zero attached hydrogens (tertiary/aromatic N) is 3. The Labute approximate surface area is 241 Å².